The largest absolute Gasteiger partial charge is 0.374 e. The summed E-state index contributed by atoms with van der Waals surface area (Å²) in [6.07, 6.45) is 5.01. The molecule has 30 heavy (non-hydrogen) atoms. The molecule has 7 heteroatoms. The second-order valence-electron chi connectivity index (χ2n) is 7.80. The zero-order chi connectivity index (χ0) is 21.1. The molecule has 0 bridgehead atoms. The van der Waals surface area contributed by atoms with Gasteiger partial charge in [-0.15, -0.1) is 10.2 Å². The van der Waals surface area contributed by atoms with Crippen LogP contribution in [0.2, 0.25) is 0 Å². The maximum absolute atomic E-state index is 8.94. The van der Waals surface area contributed by atoms with E-state index in [-0.39, 0.29) is 12.0 Å². The molecule has 1 saturated carbocycles. The minimum Gasteiger partial charge on any atom is -0.374 e. The highest BCUT2D eigenvalue weighted by molar-refractivity contribution is 5.57. The first-order chi connectivity index (χ1) is 14.6. The number of nitrogens with zero attached hydrogens (tertiary/aromatic N) is 5. The van der Waals surface area contributed by atoms with Gasteiger partial charge in [0.2, 0.25) is 0 Å². The molecule has 2 heterocycles. The van der Waals surface area contributed by atoms with Gasteiger partial charge in [-0.3, -0.25) is 4.57 Å². The van der Waals surface area contributed by atoms with Crippen LogP contribution in [0.5, 0.6) is 0 Å². The molecular formula is C23H26N6O. The number of nitriles is 1. The first-order valence-electron chi connectivity index (χ1n) is 10.3. The smallest absolute Gasteiger partial charge is 0.153 e. The van der Waals surface area contributed by atoms with Gasteiger partial charge in [0.05, 0.1) is 30.0 Å². The Kier molecular flexibility index (Phi) is 5.77. The maximum Gasteiger partial charge on any atom is 0.153 e. The van der Waals surface area contributed by atoms with Crippen LogP contribution in [0.15, 0.2) is 41.5 Å². The molecule has 1 aliphatic rings. The molecule has 4 rings (SSSR count). The first kappa shape index (κ1) is 20.0. The fraction of sp³-hybridized carbons (Fsp3) is 0.391. The number of nitrogens with one attached hydrogen (secondary N) is 1. The minimum atomic E-state index is 0.171. The molecule has 1 fully saturated rings. The number of aliphatic imine (C=N–C) groups is 1. The van der Waals surface area contributed by atoms with E-state index >= 15 is 0 Å². The molecule has 3 aromatic rings. The summed E-state index contributed by atoms with van der Waals surface area (Å²) in [5, 5.41) is 17.9. The lowest BCUT2D eigenvalue weighted by atomic mass is 9.93. The third-order valence-electron chi connectivity index (χ3n) is 6.03. The highest BCUT2D eigenvalue weighted by Crippen LogP contribution is 2.43. The molecule has 3 atom stereocenters. The van der Waals surface area contributed by atoms with Crippen LogP contribution in [-0.2, 0) is 11.3 Å². The lowest BCUT2D eigenvalue weighted by Crippen LogP contribution is -2.12. The van der Waals surface area contributed by atoms with Gasteiger partial charge in [-0.2, -0.15) is 5.26 Å². The highest BCUT2D eigenvalue weighted by atomic mass is 16.5. The van der Waals surface area contributed by atoms with Crippen LogP contribution < -0.4 is 0 Å². The lowest BCUT2D eigenvalue weighted by molar-refractivity contribution is 0.0422. The molecular weight excluding hydrogens is 376 g/mol. The Labute approximate surface area is 176 Å². The van der Waals surface area contributed by atoms with Crippen LogP contribution in [0.3, 0.4) is 0 Å². The molecule has 0 aliphatic heterocycles. The maximum atomic E-state index is 8.94. The van der Waals surface area contributed by atoms with Crippen LogP contribution in [-0.4, -0.2) is 32.6 Å². The van der Waals surface area contributed by atoms with Crippen LogP contribution >= 0.6 is 0 Å². The molecule has 1 aromatic carbocycles. The third-order valence-corrected chi connectivity index (χ3v) is 6.03. The summed E-state index contributed by atoms with van der Waals surface area (Å²) < 4.78 is 8.35. The highest BCUT2D eigenvalue weighted by Gasteiger charge is 2.38. The van der Waals surface area contributed by atoms with Crippen molar-refractivity contribution in [3.05, 3.63) is 59.3 Å². The molecule has 0 saturated heterocycles. The van der Waals surface area contributed by atoms with Crippen molar-refractivity contribution >= 4 is 12.5 Å². The van der Waals surface area contributed by atoms with E-state index in [0.29, 0.717) is 18.1 Å². The molecule has 1 aliphatic carbocycles. The van der Waals surface area contributed by atoms with Crippen LogP contribution in [0.25, 0.3) is 5.69 Å². The van der Waals surface area contributed by atoms with Crippen molar-refractivity contribution in [2.24, 2.45) is 10.9 Å². The SMILES string of the molecule is C=Nc1[nH]ccc1-n1c(C)nnc1[C@H]1C[C@H](OCc2ccc(C#N)cc2)C[C@H]1CC. The van der Waals surface area contributed by atoms with Gasteiger partial charge in [0.1, 0.15) is 11.6 Å². The Morgan fingerprint density at radius 3 is 2.77 bits per heavy atom. The van der Waals surface area contributed by atoms with Crippen molar-refractivity contribution in [3.63, 3.8) is 0 Å². The molecule has 2 aromatic heterocycles. The molecule has 0 radical (unpaired) electrons. The van der Waals surface area contributed by atoms with Gasteiger partial charge in [0.25, 0.3) is 0 Å². The number of benzene rings is 1. The van der Waals surface area contributed by atoms with E-state index in [1.54, 1.807) is 0 Å². The number of aryl methyl sites for hydroxylation is 1. The Morgan fingerprint density at radius 2 is 2.07 bits per heavy atom. The standard InChI is InChI=1S/C23H26N6O/c1-4-18-11-19(30-14-17-7-5-16(13-24)6-8-17)12-20(18)23-28-27-15(2)29(23)21-9-10-26-22(21)25-3/h5-10,18-20,26H,3-4,11-12,14H2,1-2H3/t18-,19-,20+/m1/s1. The molecule has 1 N–H and O–H groups in total. The fourth-order valence-corrected chi connectivity index (χ4v) is 4.44. The monoisotopic (exact) mass is 402 g/mol. The van der Waals surface area contributed by atoms with Gasteiger partial charge >= 0.3 is 0 Å². The van der Waals surface area contributed by atoms with Crippen molar-refractivity contribution < 1.29 is 4.74 Å². The van der Waals surface area contributed by atoms with E-state index in [1.807, 2.05) is 43.5 Å². The van der Waals surface area contributed by atoms with Crippen molar-refractivity contribution in [1.82, 2.24) is 19.7 Å². The topological polar surface area (TPSA) is 91.9 Å². The van der Waals surface area contributed by atoms with Crippen molar-refractivity contribution in [2.45, 2.75) is 51.7 Å². The van der Waals surface area contributed by atoms with E-state index in [4.69, 9.17) is 10.00 Å². The summed E-state index contributed by atoms with van der Waals surface area (Å²) in [4.78, 5) is 7.22. The predicted molar refractivity (Wildman–Crippen MR) is 115 cm³/mol. The molecule has 7 nitrogen and oxygen atoms in total. The summed E-state index contributed by atoms with van der Waals surface area (Å²) in [6, 6.07) is 11.7. The normalized spacial score (nSPS) is 20.9. The molecule has 154 valence electrons. The molecule has 0 unspecified atom stereocenters. The quantitative estimate of drug-likeness (QED) is 0.585. The Morgan fingerprint density at radius 1 is 1.27 bits per heavy atom. The third kappa shape index (κ3) is 3.79. The van der Waals surface area contributed by atoms with Crippen LogP contribution in [0.1, 0.15) is 54.9 Å². The van der Waals surface area contributed by atoms with Crippen molar-refractivity contribution in [1.29, 1.82) is 5.26 Å². The van der Waals surface area contributed by atoms with Crippen molar-refractivity contribution in [2.75, 3.05) is 0 Å². The number of aromatic amines is 1. The summed E-state index contributed by atoms with van der Waals surface area (Å²) in [7, 11) is 0. The van der Waals surface area contributed by atoms with E-state index < -0.39 is 0 Å². The van der Waals surface area contributed by atoms with Gasteiger partial charge in [-0.05, 0) is 56.2 Å². The number of hydrogen-bond acceptors (Lipinski definition) is 5. The van der Waals surface area contributed by atoms with Crippen LogP contribution in [0, 0.1) is 24.2 Å². The van der Waals surface area contributed by atoms with E-state index in [1.165, 1.54) is 0 Å². The Hall–Kier alpha value is -3.24. The number of H-pyrrole nitrogens is 1. The number of aromatic nitrogens is 4. The summed E-state index contributed by atoms with van der Waals surface area (Å²) in [5.41, 5.74) is 2.68. The summed E-state index contributed by atoms with van der Waals surface area (Å²) >= 11 is 0. The minimum absolute atomic E-state index is 0.171. The number of ether oxygens (including phenoxy) is 1. The lowest BCUT2D eigenvalue weighted by Gasteiger charge is -2.18. The second kappa shape index (κ2) is 8.64. The summed E-state index contributed by atoms with van der Waals surface area (Å²) in [6.45, 7) is 8.40. The molecule has 0 amide bonds. The van der Waals surface area contributed by atoms with Gasteiger partial charge in [0.15, 0.2) is 5.82 Å². The van der Waals surface area contributed by atoms with Crippen LogP contribution in [0.4, 0.5) is 5.82 Å². The zero-order valence-electron chi connectivity index (χ0n) is 17.4. The molecule has 0 spiro atoms. The second-order valence-corrected chi connectivity index (χ2v) is 7.80. The average Bonchev–Trinajstić information content (AvgIpc) is 3.49. The average molecular weight is 403 g/mol. The van der Waals surface area contributed by atoms with E-state index in [0.717, 1.165) is 48.0 Å². The van der Waals surface area contributed by atoms with Gasteiger partial charge < -0.3 is 9.72 Å². The number of hydrogen-bond donors (Lipinski definition) is 1. The summed E-state index contributed by atoms with van der Waals surface area (Å²) in [5.74, 6) is 3.28. The first-order valence-corrected chi connectivity index (χ1v) is 10.3. The number of rotatable bonds is 7. The fourth-order valence-electron chi connectivity index (χ4n) is 4.44. The van der Waals surface area contributed by atoms with E-state index in [9.17, 15) is 0 Å². The predicted octanol–water partition coefficient (Wildman–Crippen LogP) is 4.60. The van der Waals surface area contributed by atoms with Gasteiger partial charge in [-0.1, -0.05) is 25.5 Å². The van der Waals surface area contributed by atoms with E-state index in [2.05, 4.69) is 44.5 Å². The zero-order valence-corrected chi connectivity index (χ0v) is 17.4. The Balaban J connectivity index is 1.52. The van der Waals surface area contributed by atoms with Gasteiger partial charge in [-0.25, -0.2) is 4.99 Å². The Bertz CT molecular complexity index is 1060. The van der Waals surface area contributed by atoms with Crippen molar-refractivity contribution in [3.8, 4) is 11.8 Å². The van der Waals surface area contributed by atoms with Gasteiger partial charge in [0, 0.05) is 12.1 Å².